The molecular weight excluding hydrogens is 484 g/mol. The number of aliphatic hydroxyl groups excluding tert-OH is 2. The highest BCUT2D eigenvalue weighted by molar-refractivity contribution is 5.84. The van der Waals surface area contributed by atoms with Gasteiger partial charge >= 0.3 is 17.9 Å². The largest absolute Gasteiger partial charge is 0.463 e. The minimum Gasteiger partial charge on any atom is -0.463 e. The van der Waals surface area contributed by atoms with E-state index < -0.39 is 58.6 Å². The minimum absolute atomic E-state index is 0.00994. The first-order valence-corrected chi connectivity index (χ1v) is 12.8. The second-order valence-electron chi connectivity index (χ2n) is 10.9. The Morgan fingerprint density at radius 3 is 2.49 bits per heavy atom. The predicted octanol–water partition coefficient (Wildman–Crippen LogP) is 1.14. The van der Waals surface area contributed by atoms with Crippen LogP contribution in [0.5, 0.6) is 0 Å². The van der Waals surface area contributed by atoms with Crippen LogP contribution in [0, 0.1) is 16.7 Å². The monoisotopic (exact) mass is 518 g/mol. The van der Waals surface area contributed by atoms with Gasteiger partial charge in [-0.15, -0.1) is 0 Å². The maximum Gasteiger partial charge on any atom is 0.335 e. The number of epoxide rings is 1. The molecule has 202 valence electrons. The molecule has 3 aliphatic heterocycles. The van der Waals surface area contributed by atoms with Gasteiger partial charge in [-0.25, -0.2) is 14.4 Å². The van der Waals surface area contributed by atoms with E-state index in [0.29, 0.717) is 25.9 Å². The standard InChI is InChI=1S/C27H34O10/c1-16-8-10-33-21(29)5-3-4-6-22(30)37-18-12-20-27(15-35-27)25(18,2)26(14-34-24(32)23(16)31)9-7-17(13-28)11-19(26)36-20/h3-6,11,16,18-20,23,28,31H,7-10,12-15H2,1-2H3/b5-3+,6-4-/t16-,18-,19-,20-,23+,25-,26-,27+/m1/s1. The number of cyclic esters (lactones) is 2. The van der Waals surface area contributed by atoms with Crippen LogP contribution in [0.1, 0.15) is 39.5 Å². The third-order valence-electron chi connectivity index (χ3n) is 9.20. The van der Waals surface area contributed by atoms with Crippen molar-refractivity contribution in [3.8, 4) is 0 Å². The van der Waals surface area contributed by atoms with E-state index in [2.05, 4.69) is 0 Å². The fraction of sp³-hybridized carbons (Fsp3) is 0.667. The Bertz CT molecular complexity index is 1040. The molecule has 0 amide bonds. The van der Waals surface area contributed by atoms with Gasteiger partial charge in [0, 0.05) is 24.0 Å². The molecule has 2 aliphatic carbocycles. The summed E-state index contributed by atoms with van der Waals surface area (Å²) in [6, 6.07) is 0. The van der Waals surface area contributed by atoms with Crippen LogP contribution in [0.2, 0.25) is 0 Å². The average molecular weight is 519 g/mol. The molecule has 10 heteroatoms. The molecule has 3 fully saturated rings. The molecule has 5 aliphatic rings. The Morgan fingerprint density at radius 2 is 1.78 bits per heavy atom. The molecule has 0 aromatic rings. The number of rotatable bonds is 1. The molecule has 5 rings (SSSR count). The van der Waals surface area contributed by atoms with Gasteiger partial charge in [0.15, 0.2) is 6.10 Å². The van der Waals surface area contributed by atoms with Crippen molar-refractivity contribution >= 4 is 17.9 Å². The number of hydrogen-bond acceptors (Lipinski definition) is 10. The first-order chi connectivity index (χ1) is 17.7. The summed E-state index contributed by atoms with van der Waals surface area (Å²) in [7, 11) is 0. The van der Waals surface area contributed by atoms with Gasteiger partial charge in [0.1, 0.15) is 18.3 Å². The Hall–Kier alpha value is -2.53. The summed E-state index contributed by atoms with van der Waals surface area (Å²) in [5, 5.41) is 20.4. The first-order valence-electron chi connectivity index (χ1n) is 12.8. The van der Waals surface area contributed by atoms with E-state index in [1.165, 1.54) is 24.3 Å². The molecule has 10 nitrogen and oxygen atoms in total. The third kappa shape index (κ3) is 4.14. The van der Waals surface area contributed by atoms with Gasteiger partial charge in [-0.2, -0.15) is 0 Å². The zero-order valence-corrected chi connectivity index (χ0v) is 21.1. The van der Waals surface area contributed by atoms with Crippen molar-refractivity contribution in [2.24, 2.45) is 16.7 Å². The molecule has 0 aromatic heterocycles. The zero-order chi connectivity index (χ0) is 26.4. The fourth-order valence-corrected chi connectivity index (χ4v) is 6.70. The van der Waals surface area contributed by atoms with E-state index in [1.54, 1.807) is 6.92 Å². The predicted molar refractivity (Wildman–Crippen MR) is 127 cm³/mol. The quantitative estimate of drug-likeness (QED) is 0.225. The van der Waals surface area contributed by atoms with Crippen LogP contribution >= 0.6 is 0 Å². The van der Waals surface area contributed by atoms with Crippen molar-refractivity contribution in [2.75, 3.05) is 26.4 Å². The van der Waals surface area contributed by atoms with Crippen molar-refractivity contribution in [1.29, 1.82) is 0 Å². The summed E-state index contributed by atoms with van der Waals surface area (Å²) < 4.78 is 29.4. The zero-order valence-electron chi connectivity index (χ0n) is 21.1. The van der Waals surface area contributed by atoms with Crippen LogP contribution in [-0.4, -0.2) is 84.6 Å². The number of esters is 3. The van der Waals surface area contributed by atoms with E-state index in [1.807, 2.05) is 13.0 Å². The van der Waals surface area contributed by atoms with E-state index in [-0.39, 0.29) is 32.3 Å². The van der Waals surface area contributed by atoms with E-state index in [9.17, 15) is 24.6 Å². The highest BCUT2D eigenvalue weighted by atomic mass is 16.6. The second-order valence-corrected chi connectivity index (χ2v) is 10.9. The number of aliphatic hydroxyl groups is 2. The maximum atomic E-state index is 13.0. The maximum absolute atomic E-state index is 13.0. The molecule has 2 bridgehead atoms. The molecule has 2 spiro atoms. The van der Waals surface area contributed by atoms with Crippen LogP contribution in [0.25, 0.3) is 0 Å². The third-order valence-corrected chi connectivity index (χ3v) is 9.20. The molecule has 37 heavy (non-hydrogen) atoms. The molecule has 1 saturated carbocycles. The van der Waals surface area contributed by atoms with Gasteiger partial charge < -0.3 is 33.9 Å². The molecule has 0 radical (unpaired) electrons. The number of carbonyl (C=O) groups excluding carboxylic acids is 3. The van der Waals surface area contributed by atoms with Crippen molar-refractivity contribution in [1.82, 2.24) is 0 Å². The molecule has 3 heterocycles. The molecule has 2 N–H and O–H groups in total. The second kappa shape index (κ2) is 9.65. The highest BCUT2D eigenvalue weighted by Gasteiger charge is 2.83. The lowest BCUT2D eigenvalue weighted by Crippen LogP contribution is -2.67. The summed E-state index contributed by atoms with van der Waals surface area (Å²) in [5.41, 5.74) is -1.44. The minimum atomic E-state index is -1.41. The number of allylic oxidation sites excluding steroid dienone is 2. The van der Waals surface area contributed by atoms with Gasteiger partial charge in [-0.3, -0.25) is 0 Å². The Balaban J connectivity index is 1.53. The summed E-state index contributed by atoms with van der Waals surface area (Å²) in [6.07, 6.45) is 6.03. The normalized spacial score (nSPS) is 45.9. The van der Waals surface area contributed by atoms with Crippen LogP contribution < -0.4 is 0 Å². The molecular formula is C27H34O10. The van der Waals surface area contributed by atoms with Crippen molar-refractivity contribution in [2.45, 2.75) is 69.5 Å². The summed E-state index contributed by atoms with van der Waals surface area (Å²) >= 11 is 0. The van der Waals surface area contributed by atoms with Crippen molar-refractivity contribution < 1.29 is 48.3 Å². The first kappa shape index (κ1) is 26.1. The summed E-state index contributed by atoms with van der Waals surface area (Å²) in [4.78, 5) is 37.6. The van der Waals surface area contributed by atoms with Gasteiger partial charge in [0.2, 0.25) is 0 Å². The number of hydrogen-bond donors (Lipinski definition) is 2. The van der Waals surface area contributed by atoms with Crippen LogP contribution in [0.3, 0.4) is 0 Å². The van der Waals surface area contributed by atoms with E-state index >= 15 is 0 Å². The van der Waals surface area contributed by atoms with Gasteiger partial charge in [0.25, 0.3) is 0 Å². The van der Waals surface area contributed by atoms with E-state index in [4.69, 9.17) is 23.7 Å². The Morgan fingerprint density at radius 1 is 1.05 bits per heavy atom. The van der Waals surface area contributed by atoms with Crippen molar-refractivity contribution in [3.63, 3.8) is 0 Å². The van der Waals surface area contributed by atoms with Crippen LogP contribution in [-0.2, 0) is 38.1 Å². The summed E-state index contributed by atoms with van der Waals surface area (Å²) in [6.45, 7) is 3.96. The van der Waals surface area contributed by atoms with Crippen LogP contribution in [0.15, 0.2) is 36.0 Å². The van der Waals surface area contributed by atoms with E-state index in [0.717, 1.165) is 5.57 Å². The van der Waals surface area contributed by atoms with Crippen LogP contribution in [0.4, 0.5) is 0 Å². The van der Waals surface area contributed by atoms with Gasteiger partial charge in [-0.05, 0) is 30.8 Å². The Kier molecular flexibility index (Phi) is 6.81. The number of carbonyl (C=O) groups is 3. The lowest BCUT2D eigenvalue weighted by atomic mass is 9.51. The number of ether oxygens (including phenoxy) is 5. The summed E-state index contributed by atoms with van der Waals surface area (Å²) in [5.74, 6) is -2.48. The topological polar surface area (TPSA) is 141 Å². The van der Waals surface area contributed by atoms with Crippen molar-refractivity contribution in [3.05, 3.63) is 36.0 Å². The molecule has 8 atom stereocenters. The van der Waals surface area contributed by atoms with Gasteiger partial charge in [-0.1, -0.05) is 32.1 Å². The Labute approximate surface area is 215 Å². The smallest absolute Gasteiger partial charge is 0.335 e. The highest BCUT2D eigenvalue weighted by Crippen LogP contribution is 2.72. The molecule has 0 aromatic carbocycles. The lowest BCUT2D eigenvalue weighted by Gasteiger charge is -2.58. The lowest BCUT2D eigenvalue weighted by molar-refractivity contribution is -0.235. The fourth-order valence-electron chi connectivity index (χ4n) is 6.70. The molecule has 0 unspecified atom stereocenters. The average Bonchev–Trinajstić information content (AvgIpc) is 3.66. The molecule has 2 saturated heterocycles. The SMILES string of the molecule is C[C@@H]1CCOC(=O)/C=C/C=C\C(=O)O[C@@H]2C[C@H]3O[C@@H]4C=C(CO)CC[C@]4(COC(=O)[C@H]1O)[C@]2(C)[C@]31CO1. The van der Waals surface area contributed by atoms with Gasteiger partial charge in [0.05, 0.1) is 37.4 Å².